The summed E-state index contributed by atoms with van der Waals surface area (Å²) in [5.41, 5.74) is 1.94. The number of hydrogen-bond acceptors (Lipinski definition) is 2. The van der Waals surface area contributed by atoms with Crippen molar-refractivity contribution in [1.82, 2.24) is 0 Å². The van der Waals surface area contributed by atoms with Gasteiger partial charge in [0.05, 0.1) is 19.0 Å². The lowest BCUT2D eigenvalue weighted by molar-refractivity contribution is 0.354. The molecule has 5 heteroatoms. The van der Waals surface area contributed by atoms with Gasteiger partial charge in [0, 0.05) is 4.47 Å². The van der Waals surface area contributed by atoms with E-state index < -0.39 is 0 Å². The van der Waals surface area contributed by atoms with E-state index in [0.29, 0.717) is 11.5 Å². The van der Waals surface area contributed by atoms with Crippen LogP contribution in [0.2, 0.25) is 0 Å². The monoisotopic (exact) mass is 402 g/mol. The van der Waals surface area contributed by atoms with Crippen molar-refractivity contribution >= 4 is 31.9 Å². The second-order valence-corrected chi connectivity index (χ2v) is 5.91. The van der Waals surface area contributed by atoms with Gasteiger partial charge in [0.15, 0.2) is 11.5 Å². The Labute approximate surface area is 134 Å². The van der Waals surface area contributed by atoms with Gasteiger partial charge in [-0.3, -0.25) is 0 Å². The molecule has 2 aromatic rings. The molecule has 0 aromatic heterocycles. The molecule has 0 aliphatic rings. The predicted molar refractivity (Wildman–Crippen MR) is 84.4 cm³/mol. The minimum Gasteiger partial charge on any atom is -0.493 e. The van der Waals surface area contributed by atoms with E-state index in [1.165, 1.54) is 12.1 Å². The summed E-state index contributed by atoms with van der Waals surface area (Å²) < 4.78 is 24.4. The van der Waals surface area contributed by atoms with E-state index in [9.17, 15) is 4.39 Å². The van der Waals surface area contributed by atoms with Gasteiger partial charge in [-0.05, 0) is 35.4 Å². The van der Waals surface area contributed by atoms with Gasteiger partial charge in [-0.1, -0.05) is 44.0 Å². The molecule has 0 amide bonds. The first-order chi connectivity index (χ1) is 9.56. The topological polar surface area (TPSA) is 18.5 Å². The average Bonchev–Trinajstić information content (AvgIpc) is 2.47. The molecule has 0 heterocycles. The molecule has 20 heavy (non-hydrogen) atoms. The van der Waals surface area contributed by atoms with Crippen molar-refractivity contribution < 1.29 is 13.9 Å². The summed E-state index contributed by atoms with van der Waals surface area (Å²) in [5, 5.41) is 0. The lowest BCUT2D eigenvalue weighted by Gasteiger charge is -2.16. The number of benzene rings is 2. The Kier molecular flexibility index (Phi) is 5.05. The number of ether oxygens (including phenoxy) is 2. The van der Waals surface area contributed by atoms with E-state index in [1.54, 1.807) is 26.4 Å². The van der Waals surface area contributed by atoms with E-state index in [4.69, 9.17) is 9.47 Å². The molecule has 0 fully saturated rings. The van der Waals surface area contributed by atoms with E-state index in [2.05, 4.69) is 31.9 Å². The fraction of sp³-hybridized carbons (Fsp3) is 0.200. The maximum absolute atomic E-state index is 13.0. The van der Waals surface area contributed by atoms with Crippen LogP contribution in [-0.4, -0.2) is 14.2 Å². The number of hydrogen-bond donors (Lipinski definition) is 0. The maximum Gasteiger partial charge on any atom is 0.161 e. The highest BCUT2D eigenvalue weighted by atomic mass is 79.9. The standard InChI is InChI=1S/C15H13Br2FO2/c1-19-13-7-11(12(16)8-14(13)20-2)15(17)9-3-5-10(18)6-4-9/h3-8,15H,1-2H3. The molecule has 1 atom stereocenters. The minimum atomic E-state index is -0.250. The summed E-state index contributed by atoms with van der Waals surface area (Å²) in [6.45, 7) is 0. The van der Waals surface area contributed by atoms with Crippen LogP contribution in [0.5, 0.6) is 11.5 Å². The van der Waals surface area contributed by atoms with Crippen LogP contribution >= 0.6 is 31.9 Å². The number of halogens is 3. The molecule has 0 saturated heterocycles. The summed E-state index contributed by atoms with van der Waals surface area (Å²) in [6, 6.07) is 10.1. The van der Waals surface area contributed by atoms with Crippen molar-refractivity contribution in [3.05, 3.63) is 57.8 Å². The second kappa shape index (κ2) is 6.59. The Morgan fingerprint density at radius 3 is 2.10 bits per heavy atom. The third-order valence-electron chi connectivity index (χ3n) is 2.94. The third kappa shape index (κ3) is 3.15. The first-order valence-electron chi connectivity index (χ1n) is 5.87. The molecule has 1 unspecified atom stereocenters. The molecule has 0 bridgehead atoms. The quantitative estimate of drug-likeness (QED) is 0.662. The zero-order chi connectivity index (χ0) is 14.7. The molecule has 2 rings (SSSR count). The van der Waals surface area contributed by atoms with Crippen molar-refractivity contribution in [2.75, 3.05) is 14.2 Å². The molecule has 0 saturated carbocycles. The van der Waals surface area contributed by atoms with E-state index in [1.807, 2.05) is 12.1 Å². The molecular weight excluding hydrogens is 391 g/mol. The average molecular weight is 404 g/mol. The zero-order valence-electron chi connectivity index (χ0n) is 11.0. The van der Waals surface area contributed by atoms with Gasteiger partial charge in [0.1, 0.15) is 5.82 Å². The highest BCUT2D eigenvalue weighted by molar-refractivity contribution is 9.11. The Morgan fingerprint density at radius 2 is 1.55 bits per heavy atom. The Hall–Kier alpha value is -1.07. The van der Waals surface area contributed by atoms with Crippen molar-refractivity contribution in [3.63, 3.8) is 0 Å². The summed E-state index contributed by atoms with van der Waals surface area (Å²) in [7, 11) is 3.19. The predicted octanol–water partition coefficient (Wildman–Crippen LogP) is 5.09. The van der Waals surface area contributed by atoms with Crippen LogP contribution in [0.3, 0.4) is 0 Å². The van der Waals surface area contributed by atoms with E-state index in [0.717, 1.165) is 15.6 Å². The highest BCUT2D eigenvalue weighted by Gasteiger charge is 2.17. The van der Waals surface area contributed by atoms with Gasteiger partial charge in [-0.25, -0.2) is 4.39 Å². The van der Waals surface area contributed by atoms with Crippen LogP contribution < -0.4 is 9.47 Å². The normalized spacial score (nSPS) is 12.1. The second-order valence-electron chi connectivity index (χ2n) is 4.14. The molecule has 106 valence electrons. The zero-order valence-corrected chi connectivity index (χ0v) is 14.2. The summed E-state index contributed by atoms with van der Waals surface area (Å²) in [6.07, 6.45) is 0. The Balaban J connectivity index is 2.43. The minimum absolute atomic E-state index is 0.0720. The van der Waals surface area contributed by atoms with Gasteiger partial charge in [0.2, 0.25) is 0 Å². The van der Waals surface area contributed by atoms with Crippen molar-refractivity contribution in [1.29, 1.82) is 0 Å². The Bertz CT molecular complexity index is 600. The van der Waals surface area contributed by atoms with E-state index in [-0.39, 0.29) is 10.6 Å². The van der Waals surface area contributed by atoms with Crippen LogP contribution in [0.25, 0.3) is 0 Å². The first kappa shape index (κ1) is 15.3. The largest absolute Gasteiger partial charge is 0.493 e. The highest BCUT2D eigenvalue weighted by Crippen LogP contribution is 2.41. The molecule has 0 aliphatic carbocycles. The number of rotatable bonds is 4. The van der Waals surface area contributed by atoms with E-state index >= 15 is 0 Å². The van der Waals surface area contributed by atoms with Crippen LogP contribution in [0.4, 0.5) is 4.39 Å². The van der Waals surface area contributed by atoms with Crippen LogP contribution in [0, 0.1) is 5.82 Å². The summed E-state index contributed by atoms with van der Waals surface area (Å²) >= 11 is 7.15. The third-order valence-corrected chi connectivity index (χ3v) is 4.65. The molecule has 0 radical (unpaired) electrons. The fourth-order valence-electron chi connectivity index (χ4n) is 1.88. The number of alkyl halides is 1. The first-order valence-corrected chi connectivity index (χ1v) is 7.58. The number of methoxy groups -OCH3 is 2. The van der Waals surface area contributed by atoms with Gasteiger partial charge in [-0.15, -0.1) is 0 Å². The summed E-state index contributed by atoms with van der Waals surface area (Å²) in [4.78, 5) is -0.0720. The molecular formula is C15H13Br2FO2. The lowest BCUT2D eigenvalue weighted by atomic mass is 10.0. The van der Waals surface area contributed by atoms with Gasteiger partial charge in [0.25, 0.3) is 0 Å². The molecule has 2 aromatic carbocycles. The molecule has 0 spiro atoms. The Morgan fingerprint density at radius 1 is 1.00 bits per heavy atom. The van der Waals surface area contributed by atoms with Crippen LogP contribution in [0.1, 0.15) is 16.0 Å². The maximum atomic E-state index is 13.0. The smallest absolute Gasteiger partial charge is 0.161 e. The molecule has 2 nitrogen and oxygen atoms in total. The molecule has 0 N–H and O–H groups in total. The molecule has 0 aliphatic heterocycles. The van der Waals surface area contributed by atoms with Crippen molar-refractivity contribution in [3.8, 4) is 11.5 Å². The van der Waals surface area contributed by atoms with Crippen LogP contribution in [-0.2, 0) is 0 Å². The van der Waals surface area contributed by atoms with Gasteiger partial charge < -0.3 is 9.47 Å². The summed E-state index contributed by atoms with van der Waals surface area (Å²) in [5.74, 6) is 1.05. The fourth-order valence-corrected chi connectivity index (χ4v) is 3.42. The van der Waals surface area contributed by atoms with Crippen molar-refractivity contribution in [2.24, 2.45) is 0 Å². The van der Waals surface area contributed by atoms with Crippen LogP contribution in [0.15, 0.2) is 40.9 Å². The van der Waals surface area contributed by atoms with Crippen molar-refractivity contribution in [2.45, 2.75) is 4.83 Å². The lowest BCUT2D eigenvalue weighted by Crippen LogP contribution is -1.98. The van der Waals surface area contributed by atoms with Gasteiger partial charge >= 0.3 is 0 Å². The SMILES string of the molecule is COc1cc(Br)c(C(Br)c2ccc(F)cc2)cc1OC. The van der Waals surface area contributed by atoms with Gasteiger partial charge in [-0.2, -0.15) is 0 Å².